The smallest absolute Gasteiger partial charge is 0.219 e. The van der Waals surface area contributed by atoms with Gasteiger partial charge in [0.1, 0.15) is 11.8 Å². The molecule has 0 saturated heterocycles. The zero-order valence-electron chi connectivity index (χ0n) is 14.8. The number of carbonyl (C=O) groups excluding carboxylic acids is 2. The summed E-state index contributed by atoms with van der Waals surface area (Å²) in [6, 6.07) is 14.3. The van der Waals surface area contributed by atoms with Crippen molar-refractivity contribution in [1.82, 2.24) is 0 Å². The molecule has 5 nitrogen and oxygen atoms in total. The Morgan fingerprint density at radius 3 is 2.46 bits per heavy atom. The third-order valence-corrected chi connectivity index (χ3v) is 7.07. The van der Waals surface area contributed by atoms with Crippen LogP contribution in [0.4, 0.5) is 5.69 Å². The molecule has 1 aliphatic carbocycles. The highest BCUT2D eigenvalue weighted by Gasteiger charge is 2.49. The maximum absolute atomic E-state index is 13.2. The average molecular weight is 366 g/mol. The van der Waals surface area contributed by atoms with Gasteiger partial charge in [0.15, 0.2) is 11.6 Å². The first-order valence-electron chi connectivity index (χ1n) is 8.46. The molecule has 6 heteroatoms. The highest BCUT2D eigenvalue weighted by molar-refractivity contribution is 7.70. The molecule has 0 radical (unpaired) electrons. The summed E-state index contributed by atoms with van der Waals surface area (Å²) in [6.45, 7) is 5.19. The van der Waals surface area contributed by atoms with Gasteiger partial charge in [-0.1, -0.05) is 36.4 Å². The normalized spacial score (nSPS) is 26.4. The molecule has 26 heavy (non-hydrogen) atoms. The number of anilines is 1. The number of benzene rings is 2. The largest absolute Gasteiger partial charge is 0.342 e. The second-order valence-electron chi connectivity index (χ2n) is 7.34. The molecule has 0 spiro atoms. The number of para-hydroxylation sites is 1. The molecule has 2 atom stereocenters. The van der Waals surface area contributed by atoms with Gasteiger partial charge < -0.3 is 5.32 Å². The summed E-state index contributed by atoms with van der Waals surface area (Å²) in [5, 5.41) is 3.70. The van der Waals surface area contributed by atoms with E-state index in [0.717, 1.165) is 5.56 Å². The molecule has 0 fully saturated rings. The van der Waals surface area contributed by atoms with Crippen LogP contribution in [0.25, 0.3) is 0 Å². The van der Waals surface area contributed by atoms with Gasteiger partial charge in [0.05, 0.1) is 16.4 Å². The second-order valence-corrected chi connectivity index (χ2v) is 9.78. The van der Waals surface area contributed by atoms with Crippen LogP contribution in [0.15, 0.2) is 53.3 Å². The number of amidine groups is 1. The number of Topliss-reactive ketones (excluding diaryl/α,β-unsaturated/α-hetero) is 2. The first-order chi connectivity index (χ1) is 12.2. The van der Waals surface area contributed by atoms with E-state index in [1.54, 1.807) is 37.0 Å². The Bertz CT molecular complexity index is 1040. The summed E-state index contributed by atoms with van der Waals surface area (Å²) in [6.07, 6.45) is 0. The molecule has 0 saturated carbocycles. The minimum atomic E-state index is -3.06. The highest BCUT2D eigenvalue weighted by atomic mass is 31.2. The van der Waals surface area contributed by atoms with Crippen LogP contribution in [0, 0.1) is 5.92 Å². The number of ketones is 2. The van der Waals surface area contributed by atoms with Crippen LogP contribution >= 0.6 is 7.29 Å². The van der Waals surface area contributed by atoms with Crippen molar-refractivity contribution < 1.29 is 14.2 Å². The Labute approximate surface area is 152 Å². The van der Waals surface area contributed by atoms with Crippen molar-refractivity contribution in [2.75, 3.05) is 12.0 Å². The SMILES string of the molecule is CC1(C)C(=O)C(C2=NP(C)(=O)c3ccccc3N2)C(=O)c2ccccc21. The molecule has 0 bridgehead atoms. The van der Waals surface area contributed by atoms with E-state index in [1.165, 1.54) is 0 Å². The van der Waals surface area contributed by atoms with Crippen molar-refractivity contribution in [1.29, 1.82) is 0 Å². The topological polar surface area (TPSA) is 75.6 Å². The van der Waals surface area contributed by atoms with Gasteiger partial charge in [-0.15, -0.1) is 0 Å². The van der Waals surface area contributed by atoms with Gasteiger partial charge in [-0.25, -0.2) is 4.76 Å². The van der Waals surface area contributed by atoms with Crippen LogP contribution in [-0.2, 0) is 14.8 Å². The maximum Gasteiger partial charge on any atom is 0.219 e. The molecular formula is C20H19N2O3P. The first kappa shape index (κ1) is 16.9. The summed E-state index contributed by atoms with van der Waals surface area (Å²) in [5.41, 5.74) is 1.06. The summed E-state index contributed by atoms with van der Waals surface area (Å²) >= 11 is 0. The predicted octanol–water partition coefficient (Wildman–Crippen LogP) is 3.40. The Kier molecular flexibility index (Phi) is 3.57. The van der Waals surface area contributed by atoms with Gasteiger partial charge >= 0.3 is 0 Å². The first-order valence-corrected chi connectivity index (χ1v) is 10.6. The van der Waals surface area contributed by atoms with Crippen LogP contribution in [0.1, 0.15) is 29.8 Å². The monoisotopic (exact) mass is 366 g/mol. The fourth-order valence-electron chi connectivity index (χ4n) is 3.75. The van der Waals surface area contributed by atoms with Crippen molar-refractivity contribution in [2.45, 2.75) is 19.3 Å². The summed E-state index contributed by atoms with van der Waals surface area (Å²) in [7, 11) is -3.06. The molecular weight excluding hydrogens is 347 g/mol. The third-order valence-electron chi connectivity index (χ3n) is 5.19. The van der Waals surface area contributed by atoms with E-state index < -0.39 is 18.6 Å². The lowest BCUT2D eigenvalue weighted by molar-refractivity contribution is -0.124. The van der Waals surface area contributed by atoms with Crippen LogP contribution in [-0.4, -0.2) is 24.1 Å². The molecule has 2 aromatic carbocycles. The van der Waals surface area contributed by atoms with E-state index in [-0.39, 0.29) is 17.4 Å². The van der Waals surface area contributed by atoms with Crippen molar-refractivity contribution in [3.8, 4) is 0 Å². The number of rotatable bonds is 1. The van der Waals surface area contributed by atoms with Gasteiger partial charge in [-0.3, -0.25) is 14.2 Å². The Morgan fingerprint density at radius 2 is 1.69 bits per heavy atom. The van der Waals surface area contributed by atoms with E-state index in [2.05, 4.69) is 10.1 Å². The zero-order chi connectivity index (χ0) is 18.7. The zero-order valence-corrected chi connectivity index (χ0v) is 15.7. The van der Waals surface area contributed by atoms with Crippen LogP contribution < -0.4 is 10.6 Å². The van der Waals surface area contributed by atoms with E-state index in [4.69, 9.17) is 0 Å². The molecule has 2 unspecified atom stereocenters. The lowest BCUT2D eigenvalue weighted by atomic mass is 9.66. The van der Waals surface area contributed by atoms with Crippen molar-refractivity contribution in [3.63, 3.8) is 0 Å². The summed E-state index contributed by atoms with van der Waals surface area (Å²) < 4.78 is 17.4. The van der Waals surface area contributed by atoms with Gasteiger partial charge in [0.2, 0.25) is 7.29 Å². The van der Waals surface area contributed by atoms with E-state index in [9.17, 15) is 14.2 Å². The average Bonchev–Trinajstić information content (AvgIpc) is 2.60. The van der Waals surface area contributed by atoms with Gasteiger partial charge in [0, 0.05) is 12.2 Å². The molecule has 2 aliphatic rings. The van der Waals surface area contributed by atoms with Crippen LogP contribution in [0.3, 0.4) is 0 Å². The molecule has 132 valence electrons. The Hall–Kier alpha value is -2.52. The molecule has 1 heterocycles. The highest BCUT2D eigenvalue weighted by Crippen LogP contribution is 2.48. The molecule has 2 aromatic rings. The number of hydrogen-bond acceptors (Lipinski definition) is 4. The second kappa shape index (κ2) is 5.49. The lowest BCUT2D eigenvalue weighted by Gasteiger charge is -2.36. The van der Waals surface area contributed by atoms with Crippen molar-refractivity contribution in [3.05, 3.63) is 59.7 Å². The van der Waals surface area contributed by atoms with Crippen LogP contribution in [0.5, 0.6) is 0 Å². The number of nitrogens with one attached hydrogen (secondary N) is 1. The minimum Gasteiger partial charge on any atom is -0.342 e. The quantitative estimate of drug-likeness (QED) is 0.620. The van der Waals surface area contributed by atoms with E-state index >= 15 is 0 Å². The Morgan fingerprint density at radius 1 is 1.04 bits per heavy atom. The fourth-order valence-corrected chi connectivity index (χ4v) is 5.38. The van der Waals surface area contributed by atoms with Gasteiger partial charge in [-0.2, -0.15) is 0 Å². The van der Waals surface area contributed by atoms with Gasteiger partial charge in [-0.05, 0) is 31.5 Å². The lowest BCUT2D eigenvalue weighted by Crippen LogP contribution is -2.50. The standard InChI is InChI=1S/C20H19N2O3P/c1-20(2)13-9-5-4-8-12(13)17(23)16(18(20)24)19-21-14-10-6-7-11-15(14)26(3,25)22-19/h4-11,16H,1-3H3,(H,21,22,25). The van der Waals surface area contributed by atoms with Crippen LogP contribution in [0.2, 0.25) is 0 Å². The molecule has 4 rings (SSSR count). The Balaban J connectivity index is 1.87. The number of hydrogen-bond donors (Lipinski definition) is 1. The molecule has 0 amide bonds. The fraction of sp³-hybridized carbons (Fsp3) is 0.250. The number of fused-ring (bicyclic) bond motifs is 2. The molecule has 1 aliphatic heterocycles. The maximum atomic E-state index is 13.2. The van der Waals surface area contributed by atoms with E-state index in [1.807, 2.05) is 32.0 Å². The number of nitrogens with zero attached hydrogens (tertiary/aromatic N) is 1. The molecule has 0 aromatic heterocycles. The third kappa shape index (κ3) is 2.31. The van der Waals surface area contributed by atoms with Crippen molar-refractivity contribution in [2.24, 2.45) is 10.7 Å². The molecule has 1 N–H and O–H groups in total. The van der Waals surface area contributed by atoms with Crippen molar-refractivity contribution >= 4 is 35.7 Å². The summed E-state index contributed by atoms with van der Waals surface area (Å²) in [4.78, 5) is 26.3. The van der Waals surface area contributed by atoms with E-state index in [0.29, 0.717) is 16.6 Å². The predicted molar refractivity (Wildman–Crippen MR) is 103 cm³/mol. The number of carbonyl (C=O) groups is 2. The summed E-state index contributed by atoms with van der Waals surface area (Å²) in [5.74, 6) is -1.41. The van der Waals surface area contributed by atoms with Gasteiger partial charge in [0.25, 0.3) is 0 Å². The minimum absolute atomic E-state index is 0.187.